The normalized spacial score (nSPS) is 15.1. The molecule has 0 fully saturated rings. The summed E-state index contributed by atoms with van der Waals surface area (Å²) in [6, 6.07) is 10.8. The molecule has 0 spiro atoms. The van der Waals surface area contributed by atoms with Crippen molar-refractivity contribution < 1.29 is 5.11 Å². The Morgan fingerprint density at radius 3 is 2.31 bits per heavy atom. The van der Waals surface area contributed by atoms with E-state index in [9.17, 15) is 5.11 Å². The van der Waals surface area contributed by atoms with E-state index in [0.717, 1.165) is 6.42 Å². The molecule has 0 bridgehead atoms. The summed E-state index contributed by atoms with van der Waals surface area (Å²) in [6.45, 7) is 7.02. The molecule has 2 unspecified atom stereocenters. The monoisotopic (exact) mass is 221 g/mol. The first kappa shape index (κ1) is 13.2. The Balaban J connectivity index is 2.36. The van der Waals surface area contributed by atoms with Crippen molar-refractivity contribution in [3.8, 4) is 0 Å². The summed E-state index contributed by atoms with van der Waals surface area (Å²) in [4.78, 5) is 0. The molecular formula is C14H23NO. The lowest BCUT2D eigenvalue weighted by molar-refractivity contribution is 0.151. The second-order valence-electron chi connectivity index (χ2n) is 4.76. The number of aliphatic hydroxyl groups excluding tert-OH is 1. The van der Waals surface area contributed by atoms with Gasteiger partial charge in [0, 0.05) is 12.6 Å². The van der Waals surface area contributed by atoms with Gasteiger partial charge in [0.15, 0.2) is 0 Å². The van der Waals surface area contributed by atoms with Crippen LogP contribution in [0.1, 0.15) is 38.7 Å². The number of benzene rings is 1. The molecule has 0 amide bonds. The van der Waals surface area contributed by atoms with Gasteiger partial charge in [-0.3, -0.25) is 0 Å². The minimum Gasteiger partial charge on any atom is -0.392 e. The molecular weight excluding hydrogens is 198 g/mol. The van der Waals surface area contributed by atoms with Crippen LogP contribution in [0.2, 0.25) is 0 Å². The maximum Gasteiger partial charge on any atom is 0.0670 e. The fourth-order valence-corrected chi connectivity index (χ4v) is 1.78. The molecule has 2 nitrogen and oxygen atoms in total. The largest absolute Gasteiger partial charge is 0.392 e. The molecule has 1 aromatic carbocycles. The molecule has 0 aromatic heterocycles. The lowest BCUT2D eigenvalue weighted by Crippen LogP contribution is -2.32. The van der Waals surface area contributed by atoms with Crippen molar-refractivity contribution in [3.63, 3.8) is 0 Å². The molecule has 1 aromatic rings. The van der Waals surface area contributed by atoms with Crippen LogP contribution in [0, 0.1) is 0 Å². The quantitative estimate of drug-likeness (QED) is 0.773. The standard InChI is InChI=1S/C14H23NO/c1-11(2)15-10-14(16)9-12(3)13-7-5-4-6-8-13/h4-8,11-12,14-16H,9-10H2,1-3H3. The molecule has 0 saturated heterocycles. The fourth-order valence-electron chi connectivity index (χ4n) is 1.78. The van der Waals surface area contributed by atoms with E-state index < -0.39 is 0 Å². The first-order valence-corrected chi connectivity index (χ1v) is 6.06. The maximum absolute atomic E-state index is 9.87. The van der Waals surface area contributed by atoms with Crippen molar-refractivity contribution in [2.75, 3.05) is 6.54 Å². The third-order valence-corrected chi connectivity index (χ3v) is 2.76. The molecule has 0 saturated carbocycles. The van der Waals surface area contributed by atoms with E-state index in [1.165, 1.54) is 5.56 Å². The first-order valence-electron chi connectivity index (χ1n) is 6.06. The summed E-state index contributed by atoms with van der Waals surface area (Å²) in [5.41, 5.74) is 1.30. The minimum absolute atomic E-state index is 0.266. The Kier molecular flexibility index (Phi) is 5.50. The molecule has 2 N–H and O–H groups in total. The van der Waals surface area contributed by atoms with Crippen LogP contribution in [0.3, 0.4) is 0 Å². The molecule has 0 aliphatic heterocycles. The minimum atomic E-state index is -0.266. The van der Waals surface area contributed by atoms with Crippen molar-refractivity contribution in [2.45, 2.75) is 45.3 Å². The lowest BCUT2D eigenvalue weighted by atomic mass is 9.95. The predicted molar refractivity (Wildman–Crippen MR) is 68.6 cm³/mol. The van der Waals surface area contributed by atoms with Crippen LogP contribution in [-0.2, 0) is 0 Å². The third-order valence-electron chi connectivity index (χ3n) is 2.76. The number of hydrogen-bond acceptors (Lipinski definition) is 2. The highest BCUT2D eigenvalue weighted by atomic mass is 16.3. The van der Waals surface area contributed by atoms with Gasteiger partial charge < -0.3 is 10.4 Å². The Labute approximate surface area is 98.7 Å². The summed E-state index contributed by atoms with van der Waals surface area (Å²) in [5, 5.41) is 13.1. The van der Waals surface area contributed by atoms with Crippen LogP contribution < -0.4 is 5.32 Å². The van der Waals surface area contributed by atoms with Crippen LogP contribution in [0.25, 0.3) is 0 Å². The zero-order chi connectivity index (χ0) is 12.0. The number of aliphatic hydroxyl groups is 1. The van der Waals surface area contributed by atoms with Crippen LogP contribution in [0.5, 0.6) is 0 Å². The van der Waals surface area contributed by atoms with Gasteiger partial charge in [0.25, 0.3) is 0 Å². The Morgan fingerprint density at radius 2 is 1.75 bits per heavy atom. The van der Waals surface area contributed by atoms with Crippen LogP contribution in [0.4, 0.5) is 0 Å². The second-order valence-corrected chi connectivity index (χ2v) is 4.76. The van der Waals surface area contributed by atoms with Gasteiger partial charge in [0.05, 0.1) is 6.10 Å². The molecule has 0 heterocycles. The van der Waals surface area contributed by atoms with E-state index in [1.807, 2.05) is 18.2 Å². The highest BCUT2D eigenvalue weighted by Crippen LogP contribution is 2.19. The highest BCUT2D eigenvalue weighted by molar-refractivity contribution is 5.18. The van der Waals surface area contributed by atoms with Crippen molar-refractivity contribution in [3.05, 3.63) is 35.9 Å². The maximum atomic E-state index is 9.87. The third kappa shape index (κ3) is 4.77. The summed E-state index contributed by atoms with van der Waals surface area (Å²) in [6.07, 6.45) is 0.543. The van der Waals surface area contributed by atoms with Crippen molar-refractivity contribution >= 4 is 0 Å². The smallest absolute Gasteiger partial charge is 0.0670 e. The van der Waals surface area contributed by atoms with E-state index in [2.05, 4.69) is 38.2 Å². The van der Waals surface area contributed by atoms with Crippen LogP contribution >= 0.6 is 0 Å². The molecule has 0 aliphatic rings. The van der Waals surface area contributed by atoms with Gasteiger partial charge in [0.2, 0.25) is 0 Å². The van der Waals surface area contributed by atoms with Crippen molar-refractivity contribution in [1.29, 1.82) is 0 Å². The first-order chi connectivity index (χ1) is 7.59. The van der Waals surface area contributed by atoms with Crippen molar-refractivity contribution in [2.24, 2.45) is 0 Å². The molecule has 2 atom stereocenters. The van der Waals surface area contributed by atoms with Gasteiger partial charge in [-0.25, -0.2) is 0 Å². The lowest BCUT2D eigenvalue weighted by Gasteiger charge is -2.18. The Morgan fingerprint density at radius 1 is 1.12 bits per heavy atom. The van der Waals surface area contributed by atoms with Gasteiger partial charge in [-0.15, -0.1) is 0 Å². The summed E-state index contributed by atoms with van der Waals surface area (Å²) < 4.78 is 0. The molecule has 0 aliphatic carbocycles. The molecule has 0 radical (unpaired) electrons. The van der Waals surface area contributed by atoms with Crippen LogP contribution in [0.15, 0.2) is 30.3 Å². The number of rotatable bonds is 6. The summed E-state index contributed by atoms with van der Waals surface area (Å²) >= 11 is 0. The molecule has 1 rings (SSSR count). The predicted octanol–water partition coefficient (Wildman–Crippen LogP) is 2.54. The fraction of sp³-hybridized carbons (Fsp3) is 0.571. The molecule has 16 heavy (non-hydrogen) atoms. The van der Waals surface area contributed by atoms with Crippen molar-refractivity contribution in [1.82, 2.24) is 5.32 Å². The van der Waals surface area contributed by atoms with E-state index in [0.29, 0.717) is 18.5 Å². The highest BCUT2D eigenvalue weighted by Gasteiger charge is 2.11. The SMILES string of the molecule is CC(C)NCC(O)CC(C)c1ccccc1. The number of hydrogen-bond donors (Lipinski definition) is 2. The van der Waals surface area contributed by atoms with Crippen LogP contribution in [-0.4, -0.2) is 23.8 Å². The second kappa shape index (κ2) is 6.66. The molecule has 90 valence electrons. The average molecular weight is 221 g/mol. The molecule has 2 heteroatoms. The summed E-state index contributed by atoms with van der Waals surface area (Å²) in [7, 11) is 0. The van der Waals surface area contributed by atoms with E-state index in [1.54, 1.807) is 0 Å². The topological polar surface area (TPSA) is 32.3 Å². The number of nitrogens with one attached hydrogen (secondary N) is 1. The van der Waals surface area contributed by atoms with E-state index in [-0.39, 0.29) is 6.10 Å². The Bertz CT molecular complexity index is 284. The zero-order valence-electron chi connectivity index (χ0n) is 10.5. The van der Waals surface area contributed by atoms with Gasteiger partial charge in [-0.1, -0.05) is 51.1 Å². The zero-order valence-corrected chi connectivity index (χ0v) is 10.5. The van der Waals surface area contributed by atoms with E-state index in [4.69, 9.17) is 0 Å². The van der Waals surface area contributed by atoms with Gasteiger partial charge in [-0.2, -0.15) is 0 Å². The van der Waals surface area contributed by atoms with Gasteiger partial charge in [0.1, 0.15) is 0 Å². The Hall–Kier alpha value is -0.860. The van der Waals surface area contributed by atoms with Gasteiger partial charge >= 0.3 is 0 Å². The average Bonchev–Trinajstić information content (AvgIpc) is 2.27. The van der Waals surface area contributed by atoms with Gasteiger partial charge in [-0.05, 0) is 17.9 Å². The summed E-state index contributed by atoms with van der Waals surface area (Å²) in [5.74, 6) is 0.408. The van der Waals surface area contributed by atoms with E-state index >= 15 is 0 Å².